The molecule has 5 nitrogen and oxygen atoms in total. The Morgan fingerprint density at radius 2 is 2.04 bits per heavy atom. The van der Waals surface area contributed by atoms with Crippen LogP contribution in [0.4, 0.5) is 20.6 Å². The van der Waals surface area contributed by atoms with Crippen molar-refractivity contribution in [1.82, 2.24) is 4.90 Å². The van der Waals surface area contributed by atoms with Crippen LogP contribution >= 0.6 is 11.6 Å². The van der Waals surface area contributed by atoms with Gasteiger partial charge in [-0.3, -0.25) is 0 Å². The average Bonchev–Trinajstić information content (AvgIpc) is 2.67. The van der Waals surface area contributed by atoms with Crippen LogP contribution in [-0.4, -0.2) is 43.8 Å². The van der Waals surface area contributed by atoms with Crippen molar-refractivity contribution in [2.75, 3.05) is 43.1 Å². The number of anilines is 2. The van der Waals surface area contributed by atoms with Gasteiger partial charge >= 0.3 is 6.03 Å². The second kappa shape index (κ2) is 9.06. The molecule has 1 heterocycles. The van der Waals surface area contributed by atoms with Crippen LogP contribution in [0.1, 0.15) is 12.5 Å². The van der Waals surface area contributed by atoms with Crippen LogP contribution < -0.4 is 10.2 Å². The Hall–Kier alpha value is -2.31. The third-order valence-electron chi connectivity index (χ3n) is 4.48. The largest absolute Gasteiger partial charge is 0.378 e. The normalized spacial score (nSPS) is 14.1. The van der Waals surface area contributed by atoms with E-state index < -0.39 is 0 Å². The SMILES string of the molecule is CCN(Cc1cccc(F)c1)C(=O)Nc1cc(Cl)ccc1N1CCOCC1. The van der Waals surface area contributed by atoms with Crippen molar-refractivity contribution >= 4 is 29.0 Å². The molecule has 1 saturated heterocycles. The number of morpholine rings is 1. The second-order valence-corrected chi connectivity index (χ2v) is 6.77. The van der Waals surface area contributed by atoms with E-state index in [9.17, 15) is 9.18 Å². The Balaban J connectivity index is 1.76. The smallest absolute Gasteiger partial charge is 0.322 e. The van der Waals surface area contributed by atoms with Gasteiger partial charge in [0, 0.05) is 31.2 Å². The molecule has 1 aliphatic heterocycles. The van der Waals surface area contributed by atoms with Gasteiger partial charge in [0.15, 0.2) is 0 Å². The quantitative estimate of drug-likeness (QED) is 0.823. The molecule has 3 rings (SSSR count). The van der Waals surface area contributed by atoms with E-state index in [4.69, 9.17) is 16.3 Å². The summed E-state index contributed by atoms with van der Waals surface area (Å²) in [6.45, 7) is 5.52. The predicted octanol–water partition coefficient (Wildman–Crippen LogP) is 4.37. The lowest BCUT2D eigenvalue weighted by molar-refractivity contribution is 0.123. The van der Waals surface area contributed by atoms with Gasteiger partial charge in [0.05, 0.1) is 24.6 Å². The van der Waals surface area contributed by atoms with Crippen LogP contribution in [-0.2, 0) is 11.3 Å². The minimum Gasteiger partial charge on any atom is -0.378 e. The molecule has 7 heteroatoms. The van der Waals surface area contributed by atoms with E-state index in [0.29, 0.717) is 37.0 Å². The van der Waals surface area contributed by atoms with Crippen molar-refractivity contribution in [1.29, 1.82) is 0 Å². The number of nitrogens with zero attached hydrogens (tertiary/aromatic N) is 2. The monoisotopic (exact) mass is 391 g/mol. The first-order valence-electron chi connectivity index (χ1n) is 8.99. The highest BCUT2D eigenvalue weighted by molar-refractivity contribution is 6.31. The van der Waals surface area contributed by atoms with Crippen LogP contribution in [0.25, 0.3) is 0 Å². The molecule has 1 N–H and O–H groups in total. The van der Waals surface area contributed by atoms with Crippen molar-refractivity contribution in [3.8, 4) is 0 Å². The minimum absolute atomic E-state index is 0.251. The fraction of sp³-hybridized carbons (Fsp3) is 0.350. The van der Waals surface area contributed by atoms with Gasteiger partial charge in [-0.15, -0.1) is 0 Å². The third kappa shape index (κ3) is 5.11. The first-order chi connectivity index (χ1) is 13.1. The molecule has 0 unspecified atom stereocenters. The lowest BCUT2D eigenvalue weighted by Gasteiger charge is -2.31. The van der Waals surface area contributed by atoms with Crippen molar-refractivity contribution < 1.29 is 13.9 Å². The van der Waals surface area contributed by atoms with Gasteiger partial charge in [-0.1, -0.05) is 23.7 Å². The summed E-state index contributed by atoms with van der Waals surface area (Å²) >= 11 is 6.15. The van der Waals surface area contributed by atoms with Crippen molar-refractivity contribution in [3.63, 3.8) is 0 Å². The number of rotatable bonds is 5. The number of amides is 2. The molecule has 0 spiro atoms. The number of hydrogen-bond acceptors (Lipinski definition) is 3. The topological polar surface area (TPSA) is 44.8 Å². The minimum atomic E-state index is -0.312. The van der Waals surface area contributed by atoms with Crippen LogP contribution in [0.2, 0.25) is 5.02 Å². The van der Waals surface area contributed by atoms with E-state index in [0.717, 1.165) is 24.3 Å². The predicted molar refractivity (Wildman–Crippen MR) is 106 cm³/mol. The van der Waals surface area contributed by atoms with E-state index in [1.807, 2.05) is 19.1 Å². The number of hydrogen-bond donors (Lipinski definition) is 1. The lowest BCUT2D eigenvalue weighted by Crippen LogP contribution is -2.38. The van der Waals surface area contributed by atoms with Gasteiger partial charge in [-0.25, -0.2) is 9.18 Å². The molecule has 0 aromatic heterocycles. The molecule has 2 aromatic rings. The summed E-state index contributed by atoms with van der Waals surface area (Å²) in [5, 5.41) is 3.51. The zero-order valence-electron chi connectivity index (χ0n) is 15.3. The molecule has 0 radical (unpaired) electrons. The van der Waals surface area contributed by atoms with E-state index in [1.165, 1.54) is 12.1 Å². The summed E-state index contributed by atoms with van der Waals surface area (Å²) in [4.78, 5) is 16.6. The summed E-state index contributed by atoms with van der Waals surface area (Å²) in [6.07, 6.45) is 0. The van der Waals surface area contributed by atoms with Crippen LogP contribution in [0.15, 0.2) is 42.5 Å². The van der Waals surface area contributed by atoms with Gasteiger partial charge in [0.25, 0.3) is 0 Å². The average molecular weight is 392 g/mol. The molecule has 2 amide bonds. The molecule has 0 bridgehead atoms. The summed E-state index contributed by atoms with van der Waals surface area (Å²) in [5.74, 6) is -0.312. The van der Waals surface area contributed by atoms with Crippen LogP contribution in [0.5, 0.6) is 0 Å². The highest BCUT2D eigenvalue weighted by Crippen LogP contribution is 2.30. The lowest BCUT2D eigenvalue weighted by atomic mass is 10.2. The van der Waals surface area contributed by atoms with E-state index in [2.05, 4.69) is 10.2 Å². The number of carbonyl (C=O) groups excluding carboxylic acids is 1. The zero-order valence-corrected chi connectivity index (χ0v) is 16.0. The fourth-order valence-electron chi connectivity index (χ4n) is 3.07. The Kier molecular flexibility index (Phi) is 6.53. The Labute approximate surface area is 163 Å². The summed E-state index contributed by atoms with van der Waals surface area (Å²) in [7, 11) is 0. The summed E-state index contributed by atoms with van der Waals surface area (Å²) in [5.41, 5.74) is 2.32. The number of carbonyl (C=O) groups is 1. The maximum absolute atomic E-state index is 13.4. The zero-order chi connectivity index (χ0) is 19.2. The van der Waals surface area contributed by atoms with Gasteiger partial charge < -0.3 is 19.9 Å². The van der Waals surface area contributed by atoms with Gasteiger partial charge in [-0.05, 0) is 42.8 Å². The van der Waals surface area contributed by atoms with Crippen molar-refractivity contribution in [2.45, 2.75) is 13.5 Å². The third-order valence-corrected chi connectivity index (χ3v) is 4.72. The molecule has 2 aromatic carbocycles. The van der Waals surface area contributed by atoms with E-state index in [-0.39, 0.29) is 11.8 Å². The van der Waals surface area contributed by atoms with E-state index >= 15 is 0 Å². The molecule has 0 atom stereocenters. The summed E-state index contributed by atoms with van der Waals surface area (Å²) in [6, 6.07) is 11.5. The highest BCUT2D eigenvalue weighted by Gasteiger charge is 2.19. The van der Waals surface area contributed by atoms with Crippen LogP contribution in [0.3, 0.4) is 0 Å². The number of halogens is 2. The van der Waals surface area contributed by atoms with Gasteiger partial charge in [0.2, 0.25) is 0 Å². The summed E-state index contributed by atoms with van der Waals surface area (Å²) < 4.78 is 18.8. The Bertz CT molecular complexity index is 797. The van der Waals surface area contributed by atoms with Gasteiger partial charge in [-0.2, -0.15) is 0 Å². The maximum Gasteiger partial charge on any atom is 0.322 e. The molecule has 1 fully saturated rings. The number of ether oxygens (including phenoxy) is 1. The number of nitrogens with one attached hydrogen (secondary N) is 1. The molecule has 144 valence electrons. The van der Waals surface area contributed by atoms with Crippen LogP contribution in [0, 0.1) is 5.82 Å². The Morgan fingerprint density at radius 3 is 2.74 bits per heavy atom. The second-order valence-electron chi connectivity index (χ2n) is 6.34. The van der Waals surface area contributed by atoms with Crippen molar-refractivity contribution in [2.24, 2.45) is 0 Å². The number of benzene rings is 2. The standard InChI is InChI=1S/C20H23ClFN3O2/c1-2-24(14-15-4-3-5-17(22)12-15)20(26)23-18-13-16(21)6-7-19(18)25-8-10-27-11-9-25/h3-7,12-13H,2,8-11,14H2,1H3,(H,23,26). The molecular formula is C20H23ClFN3O2. The molecule has 0 aliphatic carbocycles. The Morgan fingerprint density at radius 1 is 1.26 bits per heavy atom. The molecule has 0 saturated carbocycles. The van der Waals surface area contributed by atoms with Crippen molar-refractivity contribution in [3.05, 3.63) is 58.9 Å². The fourth-order valence-corrected chi connectivity index (χ4v) is 3.24. The molecule has 27 heavy (non-hydrogen) atoms. The molecular weight excluding hydrogens is 369 g/mol. The first kappa shape index (κ1) is 19.5. The first-order valence-corrected chi connectivity index (χ1v) is 9.37. The van der Waals surface area contributed by atoms with E-state index in [1.54, 1.807) is 23.1 Å². The maximum atomic E-state index is 13.4. The number of urea groups is 1. The highest BCUT2D eigenvalue weighted by atomic mass is 35.5. The van der Waals surface area contributed by atoms with Gasteiger partial charge in [0.1, 0.15) is 5.82 Å². The molecule has 1 aliphatic rings.